The Hall–Kier alpha value is 0.390. The van der Waals surface area contributed by atoms with E-state index in [1.807, 2.05) is 6.92 Å². The van der Waals surface area contributed by atoms with Gasteiger partial charge in [-0.2, -0.15) is 0 Å². The van der Waals surface area contributed by atoms with Crippen molar-refractivity contribution in [2.75, 3.05) is 6.61 Å². The molecular formula is C6H15OP. The third-order valence-electron chi connectivity index (χ3n) is 0.954. The van der Waals surface area contributed by atoms with Crippen molar-refractivity contribution in [3.63, 3.8) is 0 Å². The zero-order valence-corrected chi connectivity index (χ0v) is 6.84. The highest BCUT2D eigenvalue weighted by Gasteiger charge is 1.95. The predicted octanol–water partition coefficient (Wildman–Crippen LogP) is 2.02. The Balaban J connectivity index is 2.92. The molecule has 0 aliphatic carbocycles. The summed E-state index contributed by atoms with van der Waals surface area (Å²) in [5, 5.41) is 0. The molecule has 50 valence electrons. The Bertz CT molecular complexity index is 41.8. The van der Waals surface area contributed by atoms with Crippen LogP contribution >= 0.6 is 9.24 Å². The van der Waals surface area contributed by atoms with E-state index in [1.54, 1.807) is 0 Å². The molecular weight excluding hydrogens is 119 g/mol. The van der Waals surface area contributed by atoms with E-state index < -0.39 is 0 Å². The van der Waals surface area contributed by atoms with Gasteiger partial charge in [-0.25, -0.2) is 0 Å². The van der Waals surface area contributed by atoms with Crippen molar-refractivity contribution in [1.82, 2.24) is 0 Å². The summed E-state index contributed by atoms with van der Waals surface area (Å²) in [4.78, 5) is 0. The van der Waals surface area contributed by atoms with Gasteiger partial charge in [-0.3, -0.25) is 0 Å². The van der Waals surface area contributed by atoms with Gasteiger partial charge in [0.2, 0.25) is 0 Å². The topological polar surface area (TPSA) is 9.23 Å². The zero-order valence-electron chi connectivity index (χ0n) is 5.68. The van der Waals surface area contributed by atoms with E-state index in [4.69, 9.17) is 4.74 Å². The van der Waals surface area contributed by atoms with Crippen LogP contribution in [0.4, 0.5) is 0 Å². The minimum atomic E-state index is 0.380. The van der Waals surface area contributed by atoms with Crippen LogP contribution in [-0.2, 0) is 4.74 Å². The van der Waals surface area contributed by atoms with Crippen molar-refractivity contribution in [3.05, 3.63) is 0 Å². The minimum absolute atomic E-state index is 0.380. The second kappa shape index (κ2) is 5.53. The van der Waals surface area contributed by atoms with Gasteiger partial charge in [-0.1, -0.05) is 13.3 Å². The first-order valence-corrected chi connectivity index (χ1v) is 3.85. The molecule has 0 saturated carbocycles. The Morgan fingerprint density at radius 3 is 2.50 bits per heavy atom. The van der Waals surface area contributed by atoms with Crippen LogP contribution in [0.15, 0.2) is 0 Å². The maximum atomic E-state index is 5.25. The molecule has 0 rings (SSSR count). The highest BCUT2D eigenvalue weighted by atomic mass is 31.0. The molecule has 0 N–H and O–H groups in total. The molecule has 0 aromatic carbocycles. The number of hydrogen-bond acceptors (Lipinski definition) is 1. The smallest absolute Gasteiger partial charge is 0.0708 e. The molecule has 0 heterocycles. The summed E-state index contributed by atoms with van der Waals surface area (Å²) in [7, 11) is 2.68. The van der Waals surface area contributed by atoms with E-state index in [2.05, 4.69) is 16.2 Å². The van der Waals surface area contributed by atoms with Crippen LogP contribution in [0.2, 0.25) is 0 Å². The lowest BCUT2D eigenvalue weighted by atomic mass is 10.4. The molecule has 0 fully saturated rings. The summed E-state index contributed by atoms with van der Waals surface area (Å²) in [6.45, 7) is 5.01. The average Bonchev–Trinajstić information content (AvgIpc) is 1.68. The largest absolute Gasteiger partial charge is 0.375 e. The first-order chi connectivity index (χ1) is 3.81. The van der Waals surface area contributed by atoms with E-state index in [-0.39, 0.29) is 0 Å². The fourth-order valence-electron chi connectivity index (χ4n) is 0.582. The molecule has 2 heteroatoms. The SMILES string of the molecule is CCCC(P)OCC. The molecule has 0 aliphatic heterocycles. The molecule has 0 aromatic heterocycles. The zero-order chi connectivity index (χ0) is 6.41. The van der Waals surface area contributed by atoms with E-state index >= 15 is 0 Å². The Morgan fingerprint density at radius 1 is 1.50 bits per heavy atom. The van der Waals surface area contributed by atoms with Gasteiger partial charge in [0.25, 0.3) is 0 Å². The van der Waals surface area contributed by atoms with E-state index in [0.717, 1.165) is 13.0 Å². The van der Waals surface area contributed by atoms with Gasteiger partial charge < -0.3 is 4.74 Å². The predicted molar refractivity (Wildman–Crippen MR) is 40.0 cm³/mol. The quantitative estimate of drug-likeness (QED) is 0.534. The van der Waals surface area contributed by atoms with Crippen molar-refractivity contribution in [2.45, 2.75) is 32.5 Å². The van der Waals surface area contributed by atoms with Crippen molar-refractivity contribution < 1.29 is 4.74 Å². The Kier molecular flexibility index (Phi) is 5.79. The third-order valence-corrected chi connectivity index (χ3v) is 1.48. The van der Waals surface area contributed by atoms with Crippen LogP contribution in [0.25, 0.3) is 0 Å². The third kappa shape index (κ3) is 4.55. The maximum absolute atomic E-state index is 5.25. The number of ether oxygens (including phenoxy) is 1. The van der Waals surface area contributed by atoms with Crippen molar-refractivity contribution in [2.24, 2.45) is 0 Å². The summed E-state index contributed by atoms with van der Waals surface area (Å²) >= 11 is 0. The lowest BCUT2D eigenvalue weighted by molar-refractivity contribution is 0.118. The molecule has 0 bridgehead atoms. The molecule has 2 unspecified atom stereocenters. The second-order valence-corrected chi connectivity index (χ2v) is 2.53. The molecule has 0 aromatic rings. The van der Waals surface area contributed by atoms with Crippen LogP contribution in [0.3, 0.4) is 0 Å². The summed E-state index contributed by atoms with van der Waals surface area (Å²) < 4.78 is 5.25. The minimum Gasteiger partial charge on any atom is -0.375 e. The second-order valence-electron chi connectivity index (χ2n) is 1.78. The van der Waals surface area contributed by atoms with E-state index in [9.17, 15) is 0 Å². The maximum Gasteiger partial charge on any atom is 0.0708 e. The highest BCUT2D eigenvalue weighted by molar-refractivity contribution is 7.17. The van der Waals surface area contributed by atoms with Crippen LogP contribution in [0.1, 0.15) is 26.7 Å². The van der Waals surface area contributed by atoms with Crippen molar-refractivity contribution in [3.8, 4) is 0 Å². The van der Waals surface area contributed by atoms with Gasteiger partial charge in [0.05, 0.1) is 5.85 Å². The lowest BCUT2D eigenvalue weighted by Crippen LogP contribution is -2.02. The Morgan fingerprint density at radius 2 is 2.12 bits per heavy atom. The number of rotatable bonds is 4. The fourth-order valence-corrected chi connectivity index (χ4v) is 1.11. The molecule has 1 nitrogen and oxygen atoms in total. The molecule has 0 spiro atoms. The average molecular weight is 134 g/mol. The molecule has 2 atom stereocenters. The molecule has 0 amide bonds. The lowest BCUT2D eigenvalue weighted by Gasteiger charge is -2.07. The summed E-state index contributed by atoms with van der Waals surface area (Å²) in [6.07, 6.45) is 2.35. The monoisotopic (exact) mass is 134 g/mol. The van der Waals surface area contributed by atoms with Crippen LogP contribution in [-0.4, -0.2) is 12.5 Å². The van der Waals surface area contributed by atoms with Gasteiger partial charge in [-0.15, -0.1) is 9.24 Å². The van der Waals surface area contributed by atoms with E-state index in [0.29, 0.717) is 5.85 Å². The van der Waals surface area contributed by atoms with Gasteiger partial charge >= 0.3 is 0 Å². The van der Waals surface area contributed by atoms with Crippen molar-refractivity contribution in [1.29, 1.82) is 0 Å². The normalized spacial score (nSPS) is 13.9. The highest BCUT2D eigenvalue weighted by Crippen LogP contribution is 2.08. The van der Waals surface area contributed by atoms with Gasteiger partial charge in [0.15, 0.2) is 0 Å². The summed E-state index contributed by atoms with van der Waals surface area (Å²) in [5.41, 5.74) is 0. The van der Waals surface area contributed by atoms with E-state index in [1.165, 1.54) is 6.42 Å². The summed E-state index contributed by atoms with van der Waals surface area (Å²) in [5.74, 6) is 0.380. The van der Waals surface area contributed by atoms with Gasteiger partial charge in [-0.05, 0) is 13.3 Å². The Labute approximate surface area is 54.0 Å². The summed E-state index contributed by atoms with van der Waals surface area (Å²) in [6, 6.07) is 0. The first kappa shape index (κ1) is 8.39. The molecule has 0 radical (unpaired) electrons. The van der Waals surface area contributed by atoms with Crippen LogP contribution < -0.4 is 0 Å². The molecule has 8 heavy (non-hydrogen) atoms. The number of hydrogen-bond donors (Lipinski definition) is 0. The van der Waals surface area contributed by atoms with Crippen LogP contribution in [0, 0.1) is 0 Å². The van der Waals surface area contributed by atoms with Crippen molar-refractivity contribution >= 4 is 9.24 Å². The van der Waals surface area contributed by atoms with Crippen LogP contribution in [0.5, 0.6) is 0 Å². The fraction of sp³-hybridized carbons (Fsp3) is 1.00. The van der Waals surface area contributed by atoms with Gasteiger partial charge in [0.1, 0.15) is 0 Å². The standard InChI is InChI=1S/C6H15OP/c1-3-5-6(8)7-4-2/h6H,3-5,8H2,1-2H3. The first-order valence-electron chi connectivity index (χ1n) is 3.18. The molecule has 0 saturated heterocycles. The molecule has 0 aliphatic rings. The van der Waals surface area contributed by atoms with Gasteiger partial charge in [0, 0.05) is 6.61 Å².